The molecule has 0 amide bonds. The molecule has 3 aliphatic carbocycles. The number of aliphatic carboxylic acids is 1. The monoisotopic (exact) mass is 378 g/mol. The summed E-state index contributed by atoms with van der Waals surface area (Å²) in [6.45, 7) is 5.81. The van der Waals surface area contributed by atoms with Gasteiger partial charge in [0, 0.05) is 12.3 Å². The van der Waals surface area contributed by atoms with Crippen molar-refractivity contribution < 1.29 is 24.9 Å². The lowest BCUT2D eigenvalue weighted by molar-refractivity contribution is -0.138. The van der Waals surface area contributed by atoms with Gasteiger partial charge in [-0.1, -0.05) is 25.0 Å². The van der Waals surface area contributed by atoms with Crippen LogP contribution in [0, 0.1) is 28.6 Å². The van der Waals surface area contributed by atoms with Crippen molar-refractivity contribution in [1.29, 1.82) is 0 Å². The Kier molecular flexibility index (Phi) is 5.57. The predicted octanol–water partition coefficient (Wildman–Crippen LogP) is 3.33. The summed E-state index contributed by atoms with van der Waals surface area (Å²) in [5.74, 6) is -0.461. The van der Waals surface area contributed by atoms with Crippen molar-refractivity contribution in [2.75, 3.05) is 6.61 Å². The van der Waals surface area contributed by atoms with Gasteiger partial charge in [-0.2, -0.15) is 0 Å². The van der Waals surface area contributed by atoms with Crippen molar-refractivity contribution in [2.45, 2.75) is 78.2 Å². The Labute approximate surface area is 161 Å². The maximum absolute atomic E-state index is 12.3. The first-order chi connectivity index (χ1) is 12.6. The number of hydrogen-bond acceptors (Lipinski definition) is 4. The second-order valence-electron chi connectivity index (χ2n) is 9.51. The van der Waals surface area contributed by atoms with Crippen LogP contribution in [0.4, 0.5) is 0 Å². The number of rotatable bonds is 6. The largest absolute Gasteiger partial charge is 0.481 e. The number of carboxylic acid groups (broad SMARTS) is 1. The maximum atomic E-state index is 12.3. The molecular formula is C22H34O5. The molecule has 0 bridgehead atoms. The molecule has 0 spiro atoms. The molecule has 0 heterocycles. The molecule has 0 aromatic carbocycles. The van der Waals surface area contributed by atoms with Crippen molar-refractivity contribution in [1.82, 2.24) is 0 Å². The number of carboxylic acids is 1. The minimum atomic E-state index is -0.789. The van der Waals surface area contributed by atoms with Gasteiger partial charge in [0.1, 0.15) is 6.61 Å². The van der Waals surface area contributed by atoms with Gasteiger partial charge in [0.25, 0.3) is 0 Å². The summed E-state index contributed by atoms with van der Waals surface area (Å²) >= 11 is 0. The molecular weight excluding hydrogens is 344 g/mol. The highest BCUT2D eigenvalue weighted by atomic mass is 16.4. The van der Waals surface area contributed by atoms with Gasteiger partial charge in [-0.3, -0.25) is 9.59 Å². The summed E-state index contributed by atoms with van der Waals surface area (Å²) < 4.78 is 0. The van der Waals surface area contributed by atoms with Crippen LogP contribution in [-0.2, 0) is 9.59 Å². The number of allylic oxidation sites excluding steroid dienone is 2. The summed E-state index contributed by atoms with van der Waals surface area (Å²) in [5.41, 5.74) is 2.41. The third-order valence-electron chi connectivity index (χ3n) is 8.28. The fourth-order valence-electron chi connectivity index (χ4n) is 6.87. The summed E-state index contributed by atoms with van der Waals surface area (Å²) in [6.07, 6.45) is 5.61. The highest BCUT2D eigenvalue weighted by Crippen LogP contribution is 2.63. The van der Waals surface area contributed by atoms with E-state index in [-0.39, 0.29) is 41.5 Å². The van der Waals surface area contributed by atoms with Crippen LogP contribution in [0.25, 0.3) is 0 Å². The van der Waals surface area contributed by atoms with E-state index >= 15 is 0 Å². The molecule has 0 aromatic rings. The van der Waals surface area contributed by atoms with E-state index in [2.05, 4.69) is 13.8 Å². The summed E-state index contributed by atoms with van der Waals surface area (Å²) in [5, 5.41) is 29.1. The van der Waals surface area contributed by atoms with Gasteiger partial charge >= 0.3 is 5.97 Å². The Morgan fingerprint density at radius 2 is 1.89 bits per heavy atom. The van der Waals surface area contributed by atoms with Gasteiger partial charge < -0.3 is 15.3 Å². The molecule has 0 aliphatic heterocycles. The second-order valence-corrected chi connectivity index (χ2v) is 9.51. The van der Waals surface area contributed by atoms with E-state index in [0.717, 1.165) is 38.5 Å². The number of fused-ring (bicyclic) bond motifs is 2. The number of Topliss-reactive ketones (excluding diaryl/α,β-unsaturated/α-hetero) is 1. The average molecular weight is 379 g/mol. The molecule has 1 saturated carbocycles. The van der Waals surface area contributed by atoms with Crippen molar-refractivity contribution >= 4 is 11.8 Å². The van der Waals surface area contributed by atoms with E-state index < -0.39 is 12.1 Å². The smallest absolute Gasteiger partial charge is 0.303 e. The lowest BCUT2D eigenvalue weighted by atomic mass is 9.52. The van der Waals surface area contributed by atoms with Crippen LogP contribution in [0.15, 0.2) is 11.1 Å². The Hall–Kier alpha value is -1.20. The molecule has 5 heteroatoms. The Morgan fingerprint density at radius 1 is 1.19 bits per heavy atom. The van der Waals surface area contributed by atoms with Gasteiger partial charge in [0.05, 0.1) is 6.10 Å². The summed E-state index contributed by atoms with van der Waals surface area (Å²) in [6, 6.07) is 0. The van der Waals surface area contributed by atoms with Gasteiger partial charge in [-0.25, -0.2) is 0 Å². The zero-order valence-corrected chi connectivity index (χ0v) is 16.8. The van der Waals surface area contributed by atoms with Crippen molar-refractivity contribution in [3.63, 3.8) is 0 Å². The fraction of sp³-hybridized carbons (Fsp3) is 0.818. The molecule has 1 fully saturated rings. The zero-order valence-electron chi connectivity index (χ0n) is 16.8. The SMILES string of the molecule is C[C@H](O)[C@@H]1CCC2=C(CC[C@]3(C)[C@@H](C(=O)CO)CC[C@@H]23)[C@@]1(C)CCC(=O)O. The fourth-order valence-corrected chi connectivity index (χ4v) is 6.87. The minimum absolute atomic E-state index is 0.0321. The number of aliphatic hydroxyl groups is 2. The van der Waals surface area contributed by atoms with Crippen LogP contribution in [0.5, 0.6) is 0 Å². The first kappa shape index (κ1) is 20.5. The highest BCUT2D eigenvalue weighted by Gasteiger charge is 2.56. The van der Waals surface area contributed by atoms with E-state index in [1.165, 1.54) is 11.1 Å². The molecule has 0 saturated heterocycles. The maximum Gasteiger partial charge on any atom is 0.303 e. The Balaban J connectivity index is 1.99. The number of aliphatic hydroxyl groups excluding tert-OH is 2. The third-order valence-corrected chi connectivity index (χ3v) is 8.28. The van der Waals surface area contributed by atoms with Crippen molar-refractivity contribution in [2.24, 2.45) is 28.6 Å². The number of carbonyl (C=O) groups is 2. The van der Waals surface area contributed by atoms with Gasteiger partial charge in [-0.15, -0.1) is 0 Å². The highest BCUT2D eigenvalue weighted by molar-refractivity contribution is 5.83. The molecule has 0 radical (unpaired) electrons. The summed E-state index contributed by atoms with van der Waals surface area (Å²) in [7, 11) is 0. The summed E-state index contributed by atoms with van der Waals surface area (Å²) in [4.78, 5) is 23.6. The molecule has 6 atom stereocenters. The van der Waals surface area contributed by atoms with Crippen molar-refractivity contribution in [3.8, 4) is 0 Å². The molecule has 0 aromatic heterocycles. The normalized spacial score (nSPS) is 39.7. The standard InChI is InChI=1S/C22H34O5/c1-13(24)15-5-4-14-16-6-7-18(19(25)12-23)22(16,3)10-8-17(14)21(15,2)11-9-20(26)27/h13,15-16,18,23-24H,4-12H2,1-3H3,(H,26,27)/t13-,15-,16-,18+,21-,22-/m0/s1. The number of ketones is 1. The predicted molar refractivity (Wildman–Crippen MR) is 102 cm³/mol. The molecule has 3 aliphatic rings. The third kappa shape index (κ3) is 3.27. The lowest BCUT2D eigenvalue weighted by Crippen LogP contribution is -2.46. The quantitative estimate of drug-likeness (QED) is 0.616. The second kappa shape index (κ2) is 7.32. The van der Waals surface area contributed by atoms with Crippen LogP contribution < -0.4 is 0 Å². The van der Waals surface area contributed by atoms with E-state index in [9.17, 15) is 24.9 Å². The Morgan fingerprint density at radius 3 is 2.48 bits per heavy atom. The minimum Gasteiger partial charge on any atom is -0.481 e. The number of hydrogen-bond donors (Lipinski definition) is 3. The molecule has 3 N–H and O–H groups in total. The van der Waals surface area contributed by atoms with E-state index in [1.54, 1.807) is 0 Å². The lowest BCUT2D eigenvalue weighted by Gasteiger charge is -2.53. The first-order valence-corrected chi connectivity index (χ1v) is 10.4. The van der Waals surface area contributed by atoms with Crippen molar-refractivity contribution in [3.05, 3.63) is 11.1 Å². The van der Waals surface area contributed by atoms with Gasteiger partial charge in [0.15, 0.2) is 5.78 Å². The zero-order chi connectivity index (χ0) is 20.0. The molecule has 27 heavy (non-hydrogen) atoms. The van der Waals surface area contributed by atoms with E-state index in [4.69, 9.17) is 0 Å². The first-order valence-electron chi connectivity index (χ1n) is 10.4. The van der Waals surface area contributed by atoms with Crippen LogP contribution in [0.1, 0.15) is 72.1 Å². The topological polar surface area (TPSA) is 94.8 Å². The van der Waals surface area contributed by atoms with E-state index in [1.807, 2.05) is 6.92 Å². The molecule has 0 unspecified atom stereocenters. The van der Waals surface area contributed by atoms with Gasteiger partial charge in [0.2, 0.25) is 0 Å². The molecule has 5 nitrogen and oxygen atoms in total. The number of carbonyl (C=O) groups excluding carboxylic acids is 1. The van der Waals surface area contributed by atoms with Crippen LogP contribution >= 0.6 is 0 Å². The van der Waals surface area contributed by atoms with Crippen LogP contribution in [-0.4, -0.2) is 39.8 Å². The van der Waals surface area contributed by atoms with E-state index in [0.29, 0.717) is 12.3 Å². The van der Waals surface area contributed by atoms with Gasteiger partial charge in [-0.05, 0) is 74.5 Å². The van der Waals surface area contributed by atoms with Crippen LogP contribution in [0.2, 0.25) is 0 Å². The van der Waals surface area contributed by atoms with Crippen LogP contribution in [0.3, 0.4) is 0 Å². The Bertz CT molecular complexity index is 651. The molecule has 3 rings (SSSR count). The average Bonchev–Trinajstić information content (AvgIpc) is 2.96. The molecule has 152 valence electrons.